The van der Waals surface area contributed by atoms with Gasteiger partial charge in [-0.25, -0.2) is 0 Å². The number of nitrogens with two attached hydrogens (primary N) is 2. The number of hydrogen-bond donors (Lipinski definition) is 2. The maximum absolute atomic E-state index is 5.78. The monoisotopic (exact) mass is 194 g/mol. The van der Waals surface area contributed by atoms with Crippen molar-refractivity contribution in [3.05, 3.63) is 36.4 Å². The minimum absolute atomic E-state index is 0. The molecular weight excluding hydrogens is 184 g/mol. The van der Waals surface area contributed by atoms with Crippen molar-refractivity contribution in [1.82, 2.24) is 0 Å². The third-order valence-corrected chi connectivity index (χ3v) is 1.97. The smallest absolute Gasteiger partial charge is 0.0414 e. The quantitative estimate of drug-likeness (QED) is 0.633. The number of hydrogen-bond acceptors (Lipinski definition) is 2. The van der Waals surface area contributed by atoms with Gasteiger partial charge < -0.3 is 11.5 Å². The maximum Gasteiger partial charge on any atom is 0.0414 e. The second-order valence-corrected chi connectivity index (χ2v) is 2.79. The Morgan fingerprint density at radius 2 is 1.23 bits per heavy atom. The first-order chi connectivity index (χ1) is 5.79. The molecule has 2 nitrogen and oxygen atoms in total. The fourth-order valence-electron chi connectivity index (χ4n) is 1.40. The fourth-order valence-corrected chi connectivity index (χ4v) is 1.40. The number of benzene rings is 2. The van der Waals surface area contributed by atoms with Crippen LogP contribution in [-0.4, -0.2) is 0 Å². The van der Waals surface area contributed by atoms with Crippen molar-refractivity contribution in [2.75, 3.05) is 11.5 Å². The lowest BCUT2D eigenvalue weighted by molar-refractivity contribution is 1.71. The van der Waals surface area contributed by atoms with E-state index in [1.165, 1.54) is 0 Å². The van der Waals surface area contributed by atoms with Gasteiger partial charge in [0, 0.05) is 16.8 Å². The number of anilines is 2. The number of rotatable bonds is 0. The van der Waals surface area contributed by atoms with Gasteiger partial charge in [0.1, 0.15) is 0 Å². The normalized spacial score (nSPS) is 9.54. The van der Waals surface area contributed by atoms with Crippen molar-refractivity contribution >= 4 is 34.6 Å². The van der Waals surface area contributed by atoms with Crippen LogP contribution in [0.3, 0.4) is 0 Å². The van der Waals surface area contributed by atoms with Gasteiger partial charge >= 0.3 is 0 Å². The molecule has 0 heterocycles. The Balaban J connectivity index is 0.000000845. The van der Waals surface area contributed by atoms with Gasteiger partial charge in [0.2, 0.25) is 0 Å². The minimum atomic E-state index is 0. The fraction of sp³-hybridized carbons (Fsp3) is 0. The Bertz CT molecular complexity index is 389. The summed E-state index contributed by atoms with van der Waals surface area (Å²) in [5.74, 6) is 0. The molecule has 0 aliphatic carbocycles. The molecule has 0 spiro atoms. The van der Waals surface area contributed by atoms with Crippen molar-refractivity contribution in [2.24, 2.45) is 0 Å². The molecule has 68 valence electrons. The summed E-state index contributed by atoms with van der Waals surface area (Å²) in [6, 6.07) is 11.6. The molecule has 0 radical (unpaired) electrons. The first-order valence-corrected chi connectivity index (χ1v) is 3.82. The van der Waals surface area contributed by atoms with Gasteiger partial charge in [-0.15, -0.1) is 12.4 Å². The van der Waals surface area contributed by atoms with Crippen LogP contribution in [0, 0.1) is 0 Å². The number of halogens is 1. The lowest BCUT2D eigenvalue weighted by Crippen LogP contribution is -1.91. The van der Waals surface area contributed by atoms with E-state index in [0.29, 0.717) is 0 Å². The number of nitrogen functional groups attached to an aromatic ring is 2. The molecule has 0 aromatic heterocycles. The molecule has 2 aromatic carbocycles. The van der Waals surface area contributed by atoms with E-state index in [0.717, 1.165) is 22.1 Å². The third-order valence-electron chi connectivity index (χ3n) is 1.97. The van der Waals surface area contributed by atoms with Gasteiger partial charge in [0.25, 0.3) is 0 Å². The van der Waals surface area contributed by atoms with Crippen LogP contribution in [0.4, 0.5) is 11.4 Å². The van der Waals surface area contributed by atoms with Crippen LogP contribution in [0.15, 0.2) is 36.4 Å². The summed E-state index contributed by atoms with van der Waals surface area (Å²) < 4.78 is 0. The Morgan fingerprint density at radius 1 is 0.769 bits per heavy atom. The SMILES string of the molecule is Cl.Nc1cccc2cccc(N)c12. The van der Waals surface area contributed by atoms with Gasteiger partial charge in [0.05, 0.1) is 0 Å². The predicted molar refractivity (Wildman–Crippen MR) is 60.0 cm³/mol. The lowest BCUT2D eigenvalue weighted by Gasteiger charge is -2.03. The average molecular weight is 195 g/mol. The predicted octanol–water partition coefficient (Wildman–Crippen LogP) is 2.43. The van der Waals surface area contributed by atoms with Gasteiger partial charge in [-0.3, -0.25) is 0 Å². The largest absolute Gasteiger partial charge is 0.398 e. The van der Waals surface area contributed by atoms with Crippen LogP contribution < -0.4 is 11.5 Å². The zero-order valence-electron chi connectivity index (χ0n) is 7.03. The summed E-state index contributed by atoms with van der Waals surface area (Å²) in [6.45, 7) is 0. The van der Waals surface area contributed by atoms with Crippen molar-refractivity contribution in [3.63, 3.8) is 0 Å². The highest BCUT2D eigenvalue weighted by atomic mass is 35.5. The molecule has 0 saturated heterocycles. The van der Waals surface area contributed by atoms with Crippen molar-refractivity contribution in [2.45, 2.75) is 0 Å². The molecule has 2 rings (SSSR count). The van der Waals surface area contributed by atoms with E-state index in [1.54, 1.807) is 0 Å². The summed E-state index contributed by atoms with van der Waals surface area (Å²) in [6.07, 6.45) is 0. The molecule has 0 fully saturated rings. The zero-order chi connectivity index (χ0) is 8.55. The van der Waals surface area contributed by atoms with Crippen LogP contribution in [0.25, 0.3) is 10.8 Å². The second kappa shape index (κ2) is 3.54. The Kier molecular flexibility index (Phi) is 2.63. The van der Waals surface area contributed by atoms with E-state index in [2.05, 4.69) is 0 Å². The molecule has 2 aromatic rings. The van der Waals surface area contributed by atoms with Crippen LogP contribution in [-0.2, 0) is 0 Å². The summed E-state index contributed by atoms with van der Waals surface area (Å²) in [7, 11) is 0. The molecule has 0 amide bonds. The molecule has 3 heteroatoms. The van der Waals surface area contributed by atoms with Crippen LogP contribution in [0.2, 0.25) is 0 Å². The Morgan fingerprint density at radius 3 is 1.62 bits per heavy atom. The summed E-state index contributed by atoms with van der Waals surface area (Å²) in [5, 5.41) is 2.05. The lowest BCUT2D eigenvalue weighted by atomic mass is 10.1. The highest BCUT2D eigenvalue weighted by molar-refractivity contribution is 6.01. The van der Waals surface area contributed by atoms with Crippen molar-refractivity contribution in [3.8, 4) is 0 Å². The third kappa shape index (κ3) is 1.53. The van der Waals surface area contributed by atoms with E-state index in [-0.39, 0.29) is 12.4 Å². The van der Waals surface area contributed by atoms with Crippen LogP contribution in [0.1, 0.15) is 0 Å². The van der Waals surface area contributed by atoms with Crippen molar-refractivity contribution < 1.29 is 0 Å². The first kappa shape index (κ1) is 9.68. The molecule has 0 aliphatic rings. The highest BCUT2D eigenvalue weighted by Gasteiger charge is 1.98. The molecule has 0 unspecified atom stereocenters. The summed E-state index contributed by atoms with van der Waals surface area (Å²) in [4.78, 5) is 0. The van der Waals surface area contributed by atoms with E-state index in [4.69, 9.17) is 11.5 Å². The molecule has 0 saturated carbocycles. The minimum Gasteiger partial charge on any atom is -0.398 e. The van der Waals surface area contributed by atoms with Gasteiger partial charge in [0.15, 0.2) is 0 Å². The molecule has 0 aliphatic heterocycles. The zero-order valence-corrected chi connectivity index (χ0v) is 7.84. The van der Waals surface area contributed by atoms with Gasteiger partial charge in [-0.1, -0.05) is 24.3 Å². The topological polar surface area (TPSA) is 52.0 Å². The maximum atomic E-state index is 5.78. The summed E-state index contributed by atoms with van der Waals surface area (Å²) in [5.41, 5.74) is 13.0. The van der Waals surface area contributed by atoms with Gasteiger partial charge in [-0.2, -0.15) is 0 Å². The molecule has 13 heavy (non-hydrogen) atoms. The van der Waals surface area contributed by atoms with E-state index < -0.39 is 0 Å². The second-order valence-electron chi connectivity index (χ2n) is 2.79. The Hall–Kier alpha value is -1.41. The van der Waals surface area contributed by atoms with E-state index in [9.17, 15) is 0 Å². The van der Waals surface area contributed by atoms with E-state index in [1.807, 2.05) is 36.4 Å². The molecular formula is C10H11ClN2. The van der Waals surface area contributed by atoms with Crippen LogP contribution in [0.5, 0.6) is 0 Å². The number of fused-ring (bicyclic) bond motifs is 1. The Labute approximate surface area is 82.9 Å². The first-order valence-electron chi connectivity index (χ1n) is 3.82. The highest BCUT2D eigenvalue weighted by Crippen LogP contribution is 2.25. The molecule has 0 bridgehead atoms. The molecule has 0 atom stereocenters. The molecule has 4 N–H and O–H groups in total. The van der Waals surface area contributed by atoms with Crippen molar-refractivity contribution in [1.29, 1.82) is 0 Å². The van der Waals surface area contributed by atoms with Gasteiger partial charge in [-0.05, 0) is 17.5 Å². The average Bonchev–Trinajstić information content (AvgIpc) is 2.04. The summed E-state index contributed by atoms with van der Waals surface area (Å²) >= 11 is 0. The van der Waals surface area contributed by atoms with Crippen LogP contribution >= 0.6 is 12.4 Å². The van der Waals surface area contributed by atoms with E-state index >= 15 is 0 Å². The standard InChI is InChI=1S/C10H10N2.ClH/c11-8-5-1-3-7-4-2-6-9(12)10(7)8;/h1-6H,11-12H2;1H.